The Bertz CT molecular complexity index is 392. The topological polar surface area (TPSA) is 52.3 Å². The molecular formula is C8H5ClF3NO2. The number of hydrogen-bond donors (Lipinski definition) is 1. The van der Waals surface area contributed by atoms with Gasteiger partial charge < -0.3 is 10.5 Å². The molecule has 0 unspecified atom stereocenters. The number of primary amides is 1. The Hall–Kier alpha value is -1.43. The van der Waals surface area contributed by atoms with E-state index in [2.05, 4.69) is 4.74 Å². The summed E-state index contributed by atoms with van der Waals surface area (Å²) in [6.45, 7) is 0. The van der Waals surface area contributed by atoms with E-state index in [1.165, 1.54) is 6.07 Å². The summed E-state index contributed by atoms with van der Waals surface area (Å²) in [5, 5.41) is -0.330. The number of hydrogen-bond acceptors (Lipinski definition) is 2. The predicted octanol–water partition coefficient (Wildman–Crippen LogP) is 2.34. The highest BCUT2D eigenvalue weighted by atomic mass is 35.5. The lowest BCUT2D eigenvalue weighted by Gasteiger charge is -2.12. The van der Waals surface area contributed by atoms with E-state index in [4.69, 9.17) is 17.3 Å². The highest BCUT2D eigenvalue weighted by Gasteiger charge is 2.33. The second-order valence-corrected chi connectivity index (χ2v) is 2.94. The third-order valence-electron chi connectivity index (χ3n) is 1.45. The summed E-state index contributed by atoms with van der Waals surface area (Å²) >= 11 is 5.45. The first-order valence-electron chi connectivity index (χ1n) is 3.65. The molecule has 0 aliphatic heterocycles. The molecule has 15 heavy (non-hydrogen) atoms. The molecule has 1 rings (SSSR count). The second-order valence-electron chi connectivity index (χ2n) is 2.53. The number of amides is 1. The third kappa shape index (κ3) is 3.02. The fraction of sp³-hybridized carbons (Fsp3) is 0.125. The van der Waals surface area contributed by atoms with Crippen molar-refractivity contribution >= 4 is 17.5 Å². The van der Waals surface area contributed by atoms with Crippen molar-refractivity contribution in [2.45, 2.75) is 6.36 Å². The Morgan fingerprint density at radius 3 is 2.47 bits per heavy atom. The Morgan fingerprint density at radius 1 is 1.40 bits per heavy atom. The van der Waals surface area contributed by atoms with Gasteiger partial charge in [-0.1, -0.05) is 17.7 Å². The van der Waals surface area contributed by atoms with Crippen molar-refractivity contribution in [3.63, 3.8) is 0 Å². The van der Waals surface area contributed by atoms with Gasteiger partial charge in [-0.25, -0.2) is 0 Å². The summed E-state index contributed by atoms with van der Waals surface area (Å²) in [5.74, 6) is -1.82. The van der Waals surface area contributed by atoms with Crippen molar-refractivity contribution in [2.24, 2.45) is 5.73 Å². The van der Waals surface area contributed by atoms with Crippen LogP contribution in [0, 0.1) is 0 Å². The van der Waals surface area contributed by atoms with Crippen LogP contribution in [0.1, 0.15) is 10.4 Å². The normalized spacial score (nSPS) is 11.2. The highest BCUT2D eigenvalue weighted by Crippen LogP contribution is 2.33. The van der Waals surface area contributed by atoms with Crippen LogP contribution in [0.15, 0.2) is 18.2 Å². The second kappa shape index (κ2) is 3.98. The molecule has 3 nitrogen and oxygen atoms in total. The van der Waals surface area contributed by atoms with Crippen LogP contribution < -0.4 is 10.5 Å². The van der Waals surface area contributed by atoms with E-state index in [9.17, 15) is 18.0 Å². The summed E-state index contributed by atoms with van der Waals surface area (Å²) in [5.41, 5.74) is 4.44. The number of benzene rings is 1. The molecule has 0 atom stereocenters. The zero-order valence-electron chi connectivity index (χ0n) is 7.14. The van der Waals surface area contributed by atoms with Crippen LogP contribution in [0.4, 0.5) is 13.2 Å². The van der Waals surface area contributed by atoms with E-state index in [-0.39, 0.29) is 5.02 Å². The van der Waals surface area contributed by atoms with Crippen LogP contribution in [-0.2, 0) is 0 Å². The molecule has 0 fully saturated rings. The van der Waals surface area contributed by atoms with E-state index in [0.29, 0.717) is 0 Å². The lowest BCUT2D eigenvalue weighted by Crippen LogP contribution is -2.21. The molecule has 1 aromatic rings. The van der Waals surface area contributed by atoms with Gasteiger partial charge in [0.2, 0.25) is 0 Å². The van der Waals surface area contributed by atoms with Crippen molar-refractivity contribution in [3.8, 4) is 5.75 Å². The molecule has 0 spiro atoms. The maximum absolute atomic E-state index is 11.9. The lowest BCUT2D eigenvalue weighted by atomic mass is 10.2. The van der Waals surface area contributed by atoms with Gasteiger partial charge in [-0.2, -0.15) is 0 Å². The number of alkyl halides is 3. The number of carbonyl (C=O) groups excluding carboxylic acids is 1. The predicted molar refractivity (Wildman–Crippen MR) is 46.7 cm³/mol. The molecule has 0 radical (unpaired) electrons. The minimum atomic E-state index is -4.92. The standard InChI is InChI=1S/C8H5ClF3NO2/c9-5-3-1-2-4(7(13)14)6(5)15-8(10,11)12/h1-3H,(H2,13,14). The molecule has 1 aromatic carbocycles. The third-order valence-corrected chi connectivity index (χ3v) is 1.75. The summed E-state index contributed by atoms with van der Waals surface area (Å²) in [7, 11) is 0. The number of halogens is 4. The van der Waals surface area contributed by atoms with Crippen molar-refractivity contribution in [3.05, 3.63) is 28.8 Å². The van der Waals surface area contributed by atoms with Crippen molar-refractivity contribution in [1.29, 1.82) is 0 Å². The van der Waals surface area contributed by atoms with Gasteiger partial charge in [-0.15, -0.1) is 13.2 Å². The molecule has 2 N–H and O–H groups in total. The van der Waals surface area contributed by atoms with Gasteiger partial charge in [-0.05, 0) is 12.1 Å². The first-order chi connectivity index (χ1) is 6.81. The van der Waals surface area contributed by atoms with Gasteiger partial charge in [0.15, 0.2) is 5.75 Å². The first-order valence-corrected chi connectivity index (χ1v) is 4.03. The van der Waals surface area contributed by atoms with Crippen LogP contribution in [0.3, 0.4) is 0 Å². The summed E-state index contributed by atoms with van der Waals surface area (Å²) < 4.78 is 39.4. The maximum Gasteiger partial charge on any atom is 0.573 e. The van der Waals surface area contributed by atoms with E-state index in [1.54, 1.807) is 0 Å². The molecule has 82 valence electrons. The minimum Gasteiger partial charge on any atom is -0.403 e. The summed E-state index contributed by atoms with van der Waals surface area (Å²) in [6, 6.07) is 3.55. The molecule has 0 saturated carbocycles. The fourth-order valence-corrected chi connectivity index (χ4v) is 1.14. The van der Waals surface area contributed by atoms with E-state index in [0.717, 1.165) is 12.1 Å². The molecule has 0 heterocycles. The smallest absolute Gasteiger partial charge is 0.403 e. The largest absolute Gasteiger partial charge is 0.573 e. The Morgan fingerprint density at radius 2 is 2.00 bits per heavy atom. The SMILES string of the molecule is NC(=O)c1cccc(Cl)c1OC(F)(F)F. The fourth-order valence-electron chi connectivity index (χ4n) is 0.922. The molecule has 0 aliphatic carbocycles. The van der Waals surface area contributed by atoms with Crippen LogP contribution in [0.5, 0.6) is 5.75 Å². The summed E-state index contributed by atoms with van der Waals surface area (Å²) in [6.07, 6.45) is -4.92. The van der Waals surface area contributed by atoms with Crippen LogP contribution in [-0.4, -0.2) is 12.3 Å². The van der Waals surface area contributed by atoms with Crippen LogP contribution in [0.2, 0.25) is 5.02 Å². The van der Waals surface area contributed by atoms with Crippen molar-refractivity contribution < 1.29 is 22.7 Å². The zero-order chi connectivity index (χ0) is 11.6. The first kappa shape index (κ1) is 11.6. The highest BCUT2D eigenvalue weighted by molar-refractivity contribution is 6.32. The number of para-hydroxylation sites is 1. The monoisotopic (exact) mass is 239 g/mol. The van der Waals surface area contributed by atoms with Crippen molar-refractivity contribution in [2.75, 3.05) is 0 Å². The number of ether oxygens (including phenoxy) is 1. The maximum atomic E-state index is 11.9. The lowest BCUT2D eigenvalue weighted by molar-refractivity contribution is -0.274. The molecule has 0 saturated heterocycles. The van der Waals surface area contributed by atoms with E-state index in [1.807, 2.05) is 0 Å². The number of nitrogens with two attached hydrogens (primary N) is 1. The minimum absolute atomic E-state index is 0.330. The molecule has 1 amide bonds. The van der Waals surface area contributed by atoms with Gasteiger partial charge >= 0.3 is 6.36 Å². The quantitative estimate of drug-likeness (QED) is 0.861. The zero-order valence-corrected chi connectivity index (χ0v) is 7.89. The average molecular weight is 240 g/mol. The Kier molecular flexibility index (Phi) is 3.09. The van der Waals surface area contributed by atoms with Crippen LogP contribution >= 0.6 is 11.6 Å². The number of rotatable bonds is 2. The Balaban J connectivity index is 3.19. The number of carbonyl (C=O) groups is 1. The Labute approximate surface area is 87.6 Å². The van der Waals surface area contributed by atoms with E-state index >= 15 is 0 Å². The van der Waals surface area contributed by atoms with Gasteiger partial charge in [0.05, 0.1) is 10.6 Å². The van der Waals surface area contributed by atoms with Gasteiger partial charge in [0.1, 0.15) is 0 Å². The average Bonchev–Trinajstić information content (AvgIpc) is 2.05. The molecule has 7 heteroatoms. The molecule has 0 aliphatic rings. The van der Waals surface area contributed by atoms with Gasteiger partial charge in [0, 0.05) is 0 Å². The van der Waals surface area contributed by atoms with E-state index < -0.39 is 23.6 Å². The molecule has 0 aromatic heterocycles. The van der Waals surface area contributed by atoms with Crippen molar-refractivity contribution in [1.82, 2.24) is 0 Å². The van der Waals surface area contributed by atoms with Gasteiger partial charge in [0.25, 0.3) is 5.91 Å². The molecule has 0 bridgehead atoms. The molecular weight excluding hydrogens is 235 g/mol. The van der Waals surface area contributed by atoms with Gasteiger partial charge in [-0.3, -0.25) is 4.79 Å². The summed E-state index contributed by atoms with van der Waals surface area (Å²) in [4.78, 5) is 10.8. The van der Waals surface area contributed by atoms with Crippen LogP contribution in [0.25, 0.3) is 0 Å².